The van der Waals surface area contributed by atoms with Crippen LogP contribution in [0.25, 0.3) is 0 Å². The van der Waals surface area contributed by atoms with Gasteiger partial charge in [-0.3, -0.25) is 4.79 Å². The Balaban J connectivity index is 1.69. The van der Waals surface area contributed by atoms with E-state index < -0.39 is 0 Å². The number of amides is 1. The standard InChI is InChI=1S/C22H22ClN3O/c1-15-5-3-4-6-17(15)13-26(18-8-7-16(12-24)19(23)9-18)20-10-22(20)11-21(27)25(2)14-22/h3-9,20H,10-11,13-14H2,1-2H3/t20-,22-/m1/s1. The molecule has 4 rings (SSSR count). The van der Waals surface area contributed by atoms with Crippen molar-refractivity contribution in [1.29, 1.82) is 5.26 Å². The second kappa shape index (κ2) is 6.58. The zero-order valence-corrected chi connectivity index (χ0v) is 16.3. The van der Waals surface area contributed by atoms with E-state index in [0.29, 0.717) is 23.0 Å². The number of carbonyl (C=O) groups excluding carboxylic acids is 1. The summed E-state index contributed by atoms with van der Waals surface area (Å²) >= 11 is 6.32. The van der Waals surface area contributed by atoms with Gasteiger partial charge in [-0.2, -0.15) is 5.26 Å². The van der Waals surface area contributed by atoms with Gasteiger partial charge in [0.2, 0.25) is 5.91 Å². The number of halogens is 1. The SMILES string of the molecule is Cc1ccccc1CN(c1ccc(C#N)c(Cl)c1)[C@@H]1C[C@]12CC(=O)N(C)C2. The van der Waals surface area contributed by atoms with Crippen molar-refractivity contribution in [2.75, 3.05) is 18.5 Å². The Hall–Kier alpha value is -2.51. The molecule has 5 heteroatoms. The van der Waals surface area contributed by atoms with Crippen LogP contribution in [0.1, 0.15) is 29.5 Å². The van der Waals surface area contributed by atoms with Crippen molar-refractivity contribution < 1.29 is 4.79 Å². The highest BCUT2D eigenvalue weighted by molar-refractivity contribution is 6.32. The summed E-state index contributed by atoms with van der Waals surface area (Å²) in [6.07, 6.45) is 1.62. The number of anilines is 1. The van der Waals surface area contributed by atoms with Gasteiger partial charge in [-0.1, -0.05) is 35.9 Å². The van der Waals surface area contributed by atoms with Crippen molar-refractivity contribution in [3.8, 4) is 6.07 Å². The molecule has 0 unspecified atom stereocenters. The van der Waals surface area contributed by atoms with Crippen LogP contribution >= 0.6 is 11.6 Å². The fourth-order valence-electron chi connectivity index (χ4n) is 4.31. The van der Waals surface area contributed by atoms with Gasteiger partial charge in [-0.15, -0.1) is 0 Å². The maximum Gasteiger partial charge on any atom is 0.223 e. The molecule has 1 aliphatic carbocycles. The van der Waals surface area contributed by atoms with Crippen molar-refractivity contribution in [3.63, 3.8) is 0 Å². The Kier molecular flexibility index (Phi) is 4.36. The summed E-state index contributed by atoms with van der Waals surface area (Å²) < 4.78 is 0. The van der Waals surface area contributed by atoms with Crippen LogP contribution in [0.3, 0.4) is 0 Å². The largest absolute Gasteiger partial charge is 0.363 e. The molecule has 1 amide bonds. The van der Waals surface area contributed by atoms with Crippen LogP contribution < -0.4 is 4.90 Å². The van der Waals surface area contributed by atoms with E-state index in [1.807, 2.05) is 30.1 Å². The molecule has 1 heterocycles. The number of hydrogen-bond acceptors (Lipinski definition) is 3. The minimum Gasteiger partial charge on any atom is -0.363 e. The van der Waals surface area contributed by atoms with E-state index in [4.69, 9.17) is 11.6 Å². The van der Waals surface area contributed by atoms with Crippen molar-refractivity contribution in [3.05, 3.63) is 64.2 Å². The minimum absolute atomic E-state index is 0.0366. The summed E-state index contributed by atoms with van der Waals surface area (Å²) in [6, 6.07) is 16.4. The molecule has 138 valence electrons. The molecule has 2 aliphatic rings. The minimum atomic E-state index is 0.0366. The quantitative estimate of drug-likeness (QED) is 0.801. The molecule has 1 saturated heterocycles. The second-order valence-corrected chi connectivity index (χ2v) is 8.25. The fraction of sp³-hybridized carbons (Fsp3) is 0.364. The van der Waals surface area contributed by atoms with Crippen LogP contribution in [0.2, 0.25) is 5.02 Å². The average molecular weight is 380 g/mol. The van der Waals surface area contributed by atoms with Crippen LogP contribution in [0.4, 0.5) is 5.69 Å². The van der Waals surface area contributed by atoms with Gasteiger partial charge in [-0.05, 0) is 42.7 Å². The predicted molar refractivity (Wildman–Crippen MR) is 107 cm³/mol. The third-order valence-corrected chi connectivity index (χ3v) is 6.32. The highest BCUT2D eigenvalue weighted by Gasteiger charge is 2.62. The number of likely N-dealkylation sites (tertiary alicyclic amines) is 1. The van der Waals surface area contributed by atoms with Crippen molar-refractivity contribution >= 4 is 23.2 Å². The molecular formula is C22H22ClN3O. The molecule has 4 nitrogen and oxygen atoms in total. The molecule has 1 saturated carbocycles. The lowest BCUT2D eigenvalue weighted by molar-refractivity contribution is -0.126. The van der Waals surface area contributed by atoms with E-state index in [1.165, 1.54) is 11.1 Å². The summed E-state index contributed by atoms with van der Waals surface area (Å²) in [4.78, 5) is 16.3. The normalized spacial score (nSPS) is 23.6. The molecule has 27 heavy (non-hydrogen) atoms. The van der Waals surface area contributed by atoms with E-state index in [9.17, 15) is 10.1 Å². The Labute approximate surface area is 165 Å². The van der Waals surface area contributed by atoms with Gasteiger partial charge in [0.25, 0.3) is 0 Å². The van der Waals surface area contributed by atoms with E-state index in [1.54, 1.807) is 6.07 Å². The predicted octanol–water partition coefficient (Wildman–Crippen LogP) is 4.15. The molecule has 2 atom stereocenters. The van der Waals surface area contributed by atoms with Crippen molar-refractivity contribution in [2.24, 2.45) is 5.41 Å². The Morgan fingerprint density at radius 1 is 1.33 bits per heavy atom. The Morgan fingerprint density at radius 3 is 2.74 bits per heavy atom. The Bertz CT molecular complexity index is 951. The van der Waals surface area contributed by atoms with Crippen LogP contribution in [0, 0.1) is 23.7 Å². The van der Waals surface area contributed by atoms with Crippen LogP contribution in [0.5, 0.6) is 0 Å². The van der Waals surface area contributed by atoms with Gasteiger partial charge < -0.3 is 9.80 Å². The number of hydrogen-bond donors (Lipinski definition) is 0. The van der Waals surface area contributed by atoms with E-state index in [-0.39, 0.29) is 11.3 Å². The average Bonchev–Trinajstić information content (AvgIpc) is 3.24. The van der Waals surface area contributed by atoms with Gasteiger partial charge in [0.15, 0.2) is 0 Å². The molecule has 1 aliphatic heterocycles. The lowest BCUT2D eigenvalue weighted by atomic mass is 10.0. The number of carbonyl (C=O) groups is 1. The summed E-state index contributed by atoms with van der Waals surface area (Å²) in [6.45, 7) is 3.69. The van der Waals surface area contributed by atoms with Gasteiger partial charge in [0.05, 0.1) is 10.6 Å². The zero-order chi connectivity index (χ0) is 19.2. The topological polar surface area (TPSA) is 47.3 Å². The molecule has 0 bridgehead atoms. The molecule has 1 spiro atoms. The first-order valence-electron chi connectivity index (χ1n) is 9.18. The van der Waals surface area contributed by atoms with Gasteiger partial charge in [-0.25, -0.2) is 0 Å². The van der Waals surface area contributed by atoms with E-state index in [0.717, 1.165) is 25.2 Å². The first kappa shape index (κ1) is 17.9. The zero-order valence-electron chi connectivity index (χ0n) is 15.6. The van der Waals surface area contributed by atoms with Crippen LogP contribution in [-0.4, -0.2) is 30.4 Å². The van der Waals surface area contributed by atoms with Crippen molar-refractivity contribution in [1.82, 2.24) is 4.90 Å². The van der Waals surface area contributed by atoms with Crippen molar-refractivity contribution in [2.45, 2.75) is 32.4 Å². The molecule has 0 radical (unpaired) electrons. The summed E-state index contributed by atoms with van der Waals surface area (Å²) in [5, 5.41) is 9.65. The van der Waals surface area contributed by atoms with Crippen LogP contribution in [0.15, 0.2) is 42.5 Å². The number of rotatable bonds is 4. The first-order chi connectivity index (χ1) is 12.9. The summed E-state index contributed by atoms with van der Waals surface area (Å²) in [5.41, 5.74) is 4.03. The molecule has 0 N–H and O–H groups in total. The van der Waals surface area contributed by atoms with E-state index >= 15 is 0 Å². The monoisotopic (exact) mass is 379 g/mol. The fourth-order valence-corrected chi connectivity index (χ4v) is 4.52. The number of aryl methyl sites for hydroxylation is 1. The first-order valence-corrected chi connectivity index (χ1v) is 9.56. The Morgan fingerprint density at radius 2 is 2.11 bits per heavy atom. The lowest BCUT2D eigenvalue weighted by Gasteiger charge is -2.28. The number of nitriles is 1. The molecule has 2 fully saturated rings. The molecule has 2 aromatic carbocycles. The number of nitrogens with zero attached hydrogens (tertiary/aromatic N) is 3. The second-order valence-electron chi connectivity index (χ2n) is 7.84. The maximum absolute atomic E-state index is 12.1. The highest BCUT2D eigenvalue weighted by Crippen LogP contribution is 2.57. The third-order valence-electron chi connectivity index (χ3n) is 6.01. The number of benzene rings is 2. The highest BCUT2D eigenvalue weighted by atomic mass is 35.5. The molecular weight excluding hydrogens is 358 g/mol. The molecule has 2 aromatic rings. The lowest BCUT2D eigenvalue weighted by Crippen LogP contribution is -2.31. The van der Waals surface area contributed by atoms with E-state index in [2.05, 4.69) is 36.1 Å². The third kappa shape index (κ3) is 3.17. The maximum atomic E-state index is 12.1. The molecule has 0 aromatic heterocycles. The summed E-state index contributed by atoms with van der Waals surface area (Å²) in [5.74, 6) is 0.228. The van der Waals surface area contributed by atoms with Gasteiger partial charge in [0, 0.05) is 43.7 Å². The smallest absolute Gasteiger partial charge is 0.223 e. The van der Waals surface area contributed by atoms with Gasteiger partial charge in [0.1, 0.15) is 6.07 Å². The van der Waals surface area contributed by atoms with Crippen LogP contribution in [-0.2, 0) is 11.3 Å². The van der Waals surface area contributed by atoms with Gasteiger partial charge >= 0.3 is 0 Å². The summed E-state index contributed by atoms with van der Waals surface area (Å²) in [7, 11) is 1.89.